The van der Waals surface area contributed by atoms with E-state index in [2.05, 4.69) is 4.98 Å². The Morgan fingerprint density at radius 1 is 1.52 bits per heavy atom. The number of carboxylic acids is 1. The van der Waals surface area contributed by atoms with Crippen molar-refractivity contribution < 1.29 is 23.1 Å². The van der Waals surface area contributed by atoms with E-state index in [1.54, 1.807) is 12.1 Å². The summed E-state index contributed by atoms with van der Waals surface area (Å²) in [5.74, 6) is -1.40. The van der Waals surface area contributed by atoms with Gasteiger partial charge in [-0.05, 0) is 19.3 Å². The lowest BCUT2D eigenvalue weighted by Crippen LogP contribution is -2.27. The number of sulfone groups is 1. The number of ether oxygens (including phenoxy) is 1. The van der Waals surface area contributed by atoms with E-state index in [-0.39, 0.29) is 23.8 Å². The predicted molar refractivity (Wildman–Crippen MR) is 77.1 cm³/mol. The Morgan fingerprint density at radius 3 is 2.76 bits per heavy atom. The van der Waals surface area contributed by atoms with Crippen molar-refractivity contribution in [2.45, 2.75) is 19.8 Å². The lowest BCUT2D eigenvalue weighted by Gasteiger charge is -2.18. The SMILES string of the molecule is COc1cc(C)nc(CC(C(=O)O)C2CCS(=O)(=O)C2)c1. The number of aryl methyl sites for hydroxylation is 1. The third kappa shape index (κ3) is 3.93. The van der Waals surface area contributed by atoms with E-state index in [9.17, 15) is 18.3 Å². The summed E-state index contributed by atoms with van der Waals surface area (Å²) in [6.45, 7) is 1.81. The summed E-state index contributed by atoms with van der Waals surface area (Å²) < 4.78 is 28.2. The van der Waals surface area contributed by atoms with E-state index in [0.717, 1.165) is 5.69 Å². The first-order valence-corrected chi connectivity index (χ1v) is 8.57. The lowest BCUT2D eigenvalue weighted by molar-refractivity contribution is -0.143. The zero-order valence-corrected chi connectivity index (χ0v) is 12.9. The molecule has 1 aromatic heterocycles. The minimum absolute atomic E-state index is 0.0487. The van der Waals surface area contributed by atoms with Crippen molar-refractivity contribution >= 4 is 15.8 Å². The fourth-order valence-corrected chi connectivity index (χ4v) is 4.63. The van der Waals surface area contributed by atoms with E-state index >= 15 is 0 Å². The maximum absolute atomic E-state index is 11.5. The van der Waals surface area contributed by atoms with Crippen LogP contribution in [0.25, 0.3) is 0 Å². The molecule has 0 aliphatic carbocycles. The first-order valence-electron chi connectivity index (χ1n) is 6.75. The van der Waals surface area contributed by atoms with Crippen molar-refractivity contribution in [3.8, 4) is 5.75 Å². The number of rotatable bonds is 5. The molecule has 2 atom stereocenters. The van der Waals surface area contributed by atoms with E-state index in [4.69, 9.17) is 4.74 Å². The first-order chi connectivity index (χ1) is 9.80. The number of aliphatic carboxylic acids is 1. The molecule has 0 spiro atoms. The monoisotopic (exact) mass is 313 g/mol. The van der Waals surface area contributed by atoms with Crippen molar-refractivity contribution in [1.82, 2.24) is 4.98 Å². The smallest absolute Gasteiger partial charge is 0.307 e. The van der Waals surface area contributed by atoms with E-state index in [1.807, 2.05) is 6.92 Å². The maximum atomic E-state index is 11.5. The molecule has 1 aromatic rings. The molecule has 6 nitrogen and oxygen atoms in total. The third-order valence-corrected chi connectivity index (χ3v) is 5.59. The van der Waals surface area contributed by atoms with Crippen LogP contribution in [0.5, 0.6) is 5.75 Å². The molecule has 7 heteroatoms. The summed E-state index contributed by atoms with van der Waals surface area (Å²) in [5, 5.41) is 9.41. The Bertz CT molecular complexity index is 641. The van der Waals surface area contributed by atoms with Gasteiger partial charge in [0.2, 0.25) is 0 Å². The summed E-state index contributed by atoms with van der Waals surface area (Å²) in [7, 11) is -1.56. The number of aromatic nitrogens is 1. The maximum Gasteiger partial charge on any atom is 0.307 e. The fourth-order valence-electron chi connectivity index (χ4n) is 2.75. The molecular weight excluding hydrogens is 294 g/mol. The van der Waals surface area contributed by atoms with Crippen molar-refractivity contribution in [2.24, 2.45) is 11.8 Å². The first kappa shape index (κ1) is 15.8. The van der Waals surface area contributed by atoms with Gasteiger partial charge >= 0.3 is 5.97 Å². The van der Waals surface area contributed by atoms with Gasteiger partial charge in [0.1, 0.15) is 5.75 Å². The molecule has 0 aromatic carbocycles. The second kappa shape index (κ2) is 6.01. The van der Waals surface area contributed by atoms with E-state index in [0.29, 0.717) is 17.9 Å². The van der Waals surface area contributed by atoms with Crippen LogP contribution >= 0.6 is 0 Å². The summed E-state index contributed by atoms with van der Waals surface area (Å²) in [5.41, 5.74) is 1.36. The van der Waals surface area contributed by atoms with Gasteiger partial charge in [0.05, 0.1) is 24.5 Å². The highest BCUT2D eigenvalue weighted by molar-refractivity contribution is 7.91. The van der Waals surface area contributed by atoms with Crippen LogP contribution in [0, 0.1) is 18.8 Å². The Morgan fingerprint density at radius 2 is 2.24 bits per heavy atom. The summed E-state index contributed by atoms with van der Waals surface area (Å²) >= 11 is 0. The van der Waals surface area contributed by atoms with Crippen LogP contribution in [0.4, 0.5) is 0 Å². The molecule has 1 aliphatic rings. The molecule has 0 bridgehead atoms. The average molecular weight is 313 g/mol. The summed E-state index contributed by atoms with van der Waals surface area (Å²) in [6, 6.07) is 3.46. The van der Waals surface area contributed by atoms with Gasteiger partial charge in [-0.2, -0.15) is 0 Å². The van der Waals surface area contributed by atoms with Gasteiger partial charge in [-0.15, -0.1) is 0 Å². The van der Waals surface area contributed by atoms with Gasteiger partial charge in [0, 0.05) is 29.9 Å². The second-order valence-electron chi connectivity index (χ2n) is 5.45. The summed E-state index contributed by atoms with van der Waals surface area (Å²) in [4.78, 5) is 15.8. The molecule has 116 valence electrons. The third-order valence-electron chi connectivity index (χ3n) is 3.80. The largest absolute Gasteiger partial charge is 0.497 e. The predicted octanol–water partition coefficient (Wildman–Crippen LogP) is 1.08. The van der Waals surface area contributed by atoms with Crippen molar-refractivity contribution in [1.29, 1.82) is 0 Å². The van der Waals surface area contributed by atoms with Crippen LogP contribution in [0.1, 0.15) is 17.8 Å². The number of pyridine rings is 1. The Balaban J connectivity index is 2.21. The molecule has 2 heterocycles. The minimum Gasteiger partial charge on any atom is -0.497 e. The van der Waals surface area contributed by atoms with Crippen LogP contribution in [0.3, 0.4) is 0 Å². The number of hydrogen-bond acceptors (Lipinski definition) is 5. The Kier molecular flexibility index (Phi) is 4.51. The van der Waals surface area contributed by atoms with E-state index < -0.39 is 21.7 Å². The highest BCUT2D eigenvalue weighted by atomic mass is 32.2. The molecule has 1 aliphatic heterocycles. The van der Waals surface area contributed by atoms with Gasteiger partial charge < -0.3 is 9.84 Å². The normalized spacial score (nSPS) is 21.9. The van der Waals surface area contributed by atoms with Gasteiger partial charge in [-0.25, -0.2) is 8.42 Å². The number of hydrogen-bond donors (Lipinski definition) is 1. The molecule has 0 radical (unpaired) electrons. The van der Waals surface area contributed by atoms with Gasteiger partial charge in [-0.3, -0.25) is 9.78 Å². The minimum atomic E-state index is -3.10. The van der Waals surface area contributed by atoms with Crippen LogP contribution in [-0.2, 0) is 21.1 Å². The van der Waals surface area contributed by atoms with Crippen LogP contribution < -0.4 is 4.74 Å². The molecule has 0 saturated carbocycles. The number of carbonyl (C=O) groups is 1. The molecule has 1 fully saturated rings. The van der Waals surface area contributed by atoms with Crippen molar-refractivity contribution in [2.75, 3.05) is 18.6 Å². The Labute approximate surface area is 124 Å². The molecule has 1 saturated heterocycles. The number of nitrogens with zero attached hydrogens (tertiary/aromatic N) is 1. The van der Waals surface area contributed by atoms with Crippen LogP contribution in [-0.4, -0.2) is 43.1 Å². The zero-order chi connectivity index (χ0) is 15.6. The fraction of sp³-hybridized carbons (Fsp3) is 0.571. The van der Waals surface area contributed by atoms with Crippen molar-refractivity contribution in [3.05, 3.63) is 23.5 Å². The second-order valence-corrected chi connectivity index (χ2v) is 7.68. The Hall–Kier alpha value is -1.63. The van der Waals surface area contributed by atoms with E-state index in [1.165, 1.54) is 7.11 Å². The molecule has 2 unspecified atom stereocenters. The topological polar surface area (TPSA) is 93.6 Å². The quantitative estimate of drug-likeness (QED) is 0.874. The number of carboxylic acid groups (broad SMARTS) is 1. The molecule has 0 amide bonds. The highest BCUT2D eigenvalue weighted by Gasteiger charge is 2.37. The van der Waals surface area contributed by atoms with Gasteiger partial charge in [-0.1, -0.05) is 0 Å². The molecular formula is C14H19NO5S. The molecule has 21 heavy (non-hydrogen) atoms. The number of methoxy groups -OCH3 is 1. The van der Waals surface area contributed by atoms with Gasteiger partial charge in [0.15, 0.2) is 9.84 Å². The molecule has 2 rings (SSSR count). The van der Waals surface area contributed by atoms with Crippen LogP contribution in [0.15, 0.2) is 12.1 Å². The summed E-state index contributed by atoms with van der Waals surface area (Å²) in [6.07, 6.45) is 0.621. The average Bonchev–Trinajstić information content (AvgIpc) is 2.75. The standard InChI is InChI=1S/C14H19NO5S/c1-9-5-12(20-2)6-11(15-9)7-13(14(16)17)10-3-4-21(18,19)8-10/h5-6,10,13H,3-4,7-8H2,1-2H3,(H,16,17). The van der Waals surface area contributed by atoms with Crippen molar-refractivity contribution in [3.63, 3.8) is 0 Å². The van der Waals surface area contributed by atoms with Crippen LogP contribution in [0.2, 0.25) is 0 Å². The zero-order valence-electron chi connectivity index (χ0n) is 12.1. The molecule has 1 N–H and O–H groups in total. The highest BCUT2D eigenvalue weighted by Crippen LogP contribution is 2.29. The van der Waals surface area contributed by atoms with Gasteiger partial charge in [0.25, 0.3) is 0 Å². The lowest BCUT2D eigenvalue weighted by atomic mass is 9.88.